The highest BCUT2D eigenvalue weighted by molar-refractivity contribution is 5.50. The van der Waals surface area contributed by atoms with Crippen LogP contribution in [0.25, 0.3) is 0 Å². The van der Waals surface area contributed by atoms with Crippen LogP contribution >= 0.6 is 0 Å². The van der Waals surface area contributed by atoms with E-state index in [9.17, 15) is 0 Å². The summed E-state index contributed by atoms with van der Waals surface area (Å²) >= 11 is 0. The number of anilines is 1. The van der Waals surface area contributed by atoms with E-state index in [1.54, 1.807) is 4.90 Å². The van der Waals surface area contributed by atoms with Crippen LogP contribution in [0.4, 0.5) is 11.4 Å². The quantitative estimate of drug-likeness (QED) is 0.759. The molecular weight excluding hydrogens is 256 g/mol. The molecule has 0 amide bonds. The minimum Gasteiger partial charge on any atom is -1.00 e. The Morgan fingerprint density at radius 1 is 0.737 bits per heavy atom. The monoisotopic (exact) mass is 280 g/mol. The topological polar surface area (TPSA) is 7.68 Å². The van der Waals surface area contributed by atoms with E-state index in [1.165, 1.54) is 76.1 Å². The third kappa shape index (κ3) is 3.64. The first-order chi connectivity index (χ1) is 8.93. The molecule has 2 nitrogen and oxygen atoms in total. The maximum absolute atomic E-state index is 2.54. The summed E-state index contributed by atoms with van der Waals surface area (Å²) in [7, 11) is 0. The standard InChI is InChI=1S/C16H24N2.ClH/c1-3-11-17(12-4-1)15-7-9-16(10-8-15)18-13-5-2-6-14-18;/h7-10H,1-6,11-14H2;1H. The number of benzene rings is 1. The Bertz CT molecular complexity index is 328. The molecule has 1 N–H and O–H groups in total. The molecule has 0 radical (unpaired) electrons. The fraction of sp³-hybridized carbons (Fsp3) is 0.625. The van der Waals surface area contributed by atoms with Gasteiger partial charge in [0.1, 0.15) is 5.69 Å². The lowest BCUT2D eigenvalue weighted by atomic mass is 10.1. The molecule has 0 saturated carbocycles. The van der Waals surface area contributed by atoms with Crippen LogP contribution in [-0.4, -0.2) is 26.2 Å². The Balaban J connectivity index is 0.00000133. The van der Waals surface area contributed by atoms with E-state index < -0.39 is 0 Å². The lowest BCUT2D eigenvalue weighted by Gasteiger charge is -2.29. The summed E-state index contributed by atoms with van der Waals surface area (Å²) in [5.41, 5.74) is 2.92. The average molecular weight is 281 g/mol. The number of piperidine rings is 2. The van der Waals surface area contributed by atoms with Crippen molar-refractivity contribution in [2.75, 3.05) is 31.1 Å². The lowest BCUT2D eigenvalue weighted by Crippen LogP contribution is -3.08. The highest BCUT2D eigenvalue weighted by Crippen LogP contribution is 2.20. The number of rotatable bonds is 2. The largest absolute Gasteiger partial charge is 1.00 e. The van der Waals surface area contributed by atoms with Crippen molar-refractivity contribution in [3.63, 3.8) is 0 Å². The van der Waals surface area contributed by atoms with E-state index in [0.717, 1.165) is 0 Å². The normalized spacial score (nSPS) is 20.9. The maximum atomic E-state index is 2.54. The predicted molar refractivity (Wildman–Crippen MR) is 76.7 cm³/mol. The van der Waals surface area contributed by atoms with Gasteiger partial charge >= 0.3 is 0 Å². The molecule has 2 aliphatic rings. The van der Waals surface area contributed by atoms with Crippen LogP contribution in [0.1, 0.15) is 38.5 Å². The molecule has 2 saturated heterocycles. The van der Waals surface area contributed by atoms with Crippen molar-refractivity contribution in [3.8, 4) is 0 Å². The van der Waals surface area contributed by atoms with E-state index in [2.05, 4.69) is 29.2 Å². The second-order valence-corrected chi connectivity index (χ2v) is 5.76. The molecule has 106 valence electrons. The number of nitrogens with zero attached hydrogens (tertiary/aromatic N) is 1. The number of hydrogen-bond acceptors (Lipinski definition) is 1. The highest BCUT2D eigenvalue weighted by Gasteiger charge is 2.17. The summed E-state index contributed by atoms with van der Waals surface area (Å²) in [6.45, 7) is 5.14. The van der Waals surface area contributed by atoms with Crippen molar-refractivity contribution >= 4 is 11.4 Å². The summed E-state index contributed by atoms with van der Waals surface area (Å²) in [4.78, 5) is 4.23. The lowest BCUT2D eigenvalue weighted by molar-refractivity contribution is -0.838. The second-order valence-electron chi connectivity index (χ2n) is 5.76. The van der Waals surface area contributed by atoms with Gasteiger partial charge in [0.05, 0.1) is 13.1 Å². The number of quaternary nitrogens is 1. The molecule has 19 heavy (non-hydrogen) atoms. The first kappa shape index (κ1) is 14.7. The van der Waals surface area contributed by atoms with Gasteiger partial charge < -0.3 is 22.2 Å². The van der Waals surface area contributed by atoms with E-state index in [0.29, 0.717) is 0 Å². The minimum absolute atomic E-state index is 0. The fourth-order valence-electron chi connectivity index (χ4n) is 3.33. The molecule has 1 aromatic carbocycles. The number of hydrogen-bond donors (Lipinski definition) is 1. The van der Waals surface area contributed by atoms with Gasteiger partial charge in [0.2, 0.25) is 0 Å². The van der Waals surface area contributed by atoms with E-state index in [4.69, 9.17) is 0 Å². The molecule has 0 atom stereocenters. The van der Waals surface area contributed by atoms with Gasteiger partial charge in [-0.15, -0.1) is 0 Å². The molecule has 1 aromatic rings. The molecule has 2 aliphatic heterocycles. The molecular formula is C16H25ClN2. The van der Waals surface area contributed by atoms with Crippen molar-refractivity contribution in [2.24, 2.45) is 0 Å². The van der Waals surface area contributed by atoms with Gasteiger partial charge in [-0.3, -0.25) is 0 Å². The predicted octanol–water partition coefficient (Wildman–Crippen LogP) is -0.619. The first-order valence-corrected chi connectivity index (χ1v) is 7.63. The van der Waals surface area contributed by atoms with Crippen LogP contribution in [0.5, 0.6) is 0 Å². The summed E-state index contributed by atoms with van der Waals surface area (Å²) in [5, 5.41) is 0. The molecule has 3 rings (SSSR count). The Labute approximate surface area is 123 Å². The van der Waals surface area contributed by atoms with E-state index >= 15 is 0 Å². The number of halogens is 1. The van der Waals surface area contributed by atoms with Gasteiger partial charge in [0.15, 0.2) is 0 Å². The smallest absolute Gasteiger partial charge is 0.131 e. The summed E-state index contributed by atoms with van der Waals surface area (Å²) in [6.07, 6.45) is 8.34. The van der Waals surface area contributed by atoms with Crippen LogP contribution in [0.15, 0.2) is 24.3 Å². The van der Waals surface area contributed by atoms with E-state index in [1.807, 2.05) is 0 Å². The van der Waals surface area contributed by atoms with Gasteiger partial charge in [-0.2, -0.15) is 0 Å². The zero-order valence-electron chi connectivity index (χ0n) is 11.7. The Kier molecular flexibility index (Phi) is 5.53. The third-order valence-electron chi connectivity index (χ3n) is 4.45. The van der Waals surface area contributed by atoms with Gasteiger partial charge in [-0.25, -0.2) is 0 Å². The maximum Gasteiger partial charge on any atom is 0.131 e. The van der Waals surface area contributed by atoms with Crippen molar-refractivity contribution in [3.05, 3.63) is 24.3 Å². The number of nitrogens with one attached hydrogen (secondary N) is 1. The van der Waals surface area contributed by atoms with Crippen molar-refractivity contribution in [1.29, 1.82) is 0 Å². The van der Waals surface area contributed by atoms with Crippen LogP contribution in [-0.2, 0) is 0 Å². The zero-order chi connectivity index (χ0) is 12.2. The van der Waals surface area contributed by atoms with Crippen LogP contribution in [0.2, 0.25) is 0 Å². The molecule has 0 aliphatic carbocycles. The van der Waals surface area contributed by atoms with Crippen LogP contribution in [0.3, 0.4) is 0 Å². The van der Waals surface area contributed by atoms with Crippen LogP contribution in [0, 0.1) is 0 Å². The Morgan fingerprint density at radius 2 is 1.32 bits per heavy atom. The SMILES string of the molecule is [Cl-].c1cc([NH+]2CCCCC2)ccc1N1CCCCC1. The molecule has 0 unspecified atom stereocenters. The van der Waals surface area contributed by atoms with Gasteiger partial charge in [-0.1, -0.05) is 0 Å². The Morgan fingerprint density at radius 3 is 1.95 bits per heavy atom. The van der Waals surface area contributed by atoms with Crippen LogP contribution < -0.4 is 22.2 Å². The highest BCUT2D eigenvalue weighted by atomic mass is 35.5. The molecule has 3 heteroatoms. The molecule has 2 fully saturated rings. The van der Waals surface area contributed by atoms with Gasteiger partial charge in [-0.05, 0) is 50.7 Å². The van der Waals surface area contributed by atoms with Gasteiger partial charge in [0.25, 0.3) is 0 Å². The molecule has 2 heterocycles. The van der Waals surface area contributed by atoms with Crippen molar-refractivity contribution in [2.45, 2.75) is 38.5 Å². The Hall–Kier alpha value is -0.730. The van der Waals surface area contributed by atoms with Gasteiger partial charge in [0, 0.05) is 30.9 Å². The molecule has 0 bridgehead atoms. The first-order valence-electron chi connectivity index (χ1n) is 7.63. The summed E-state index contributed by atoms with van der Waals surface area (Å²) in [5.74, 6) is 0. The second kappa shape index (κ2) is 7.16. The van der Waals surface area contributed by atoms with Crippen molar-refractivity contribution < 1.29 is 17.3 Å². The molecule has 0 spiro atoms. The third-order valence-corrected chi connectivity index (χ3v) is 4.45. The molecule has 0 aromatic heterocycles. The van der Waals surface area contributed by atoms with E-state index in [-0.39, 0.29) is 12.4 Å². The van der Waals surface area contributed by atoms with Crippen molar-refractivity contribution in [1.82, 2.24) is 0 Å². The zero-order valence-corrected chi connectivity index (χ0v) is 12.5. The fourth-order valence-corrected chi connectivity index (χ4v) is 3.33. The summed E-state index contributed by atoms with van der Waals surface area (Å²) < 4.78 is 0. The average Bonchev–Trinajstić information content (AvgIpc) is 2.49. The minimum atomic E-state index is 0. The summed E-state index contributed by atoms with van der Waals surface area (Å²) in [6, 6.07) is 9.37.